The number of nitrogens with one attached hydrogen (secondary N) is 3. The topological polar surface area (TPSA) is 95.1 Å². The number of carbonyl (C=O) groups excluding carboxylic acids is 1. The van der Waals surface area contributed by atoms with Crippen LogP contribution < -0.4 is 10.7 Å². The standard InChI is InChI=1S/C26H19ClN6O/c27-19-5-3-4-17(14-19)15-30-33-25(34)18-8-10-20(11-9-18)31-26-28-13-12-24(32-26)22-16-29-23-7-2-1-6-21(22)23/h1-16,29H,(H,33,34)(H,28,31,32). The number of hydrogen-bond acceptors (Lipinski definition) is 5. The van der Waals surface area contributed by atoms with Gasteiger partial charge in [0.25, 0.3) is 5.91 Å². The Labute approximate surface area is 200 Å². The molecule has 0 spiro atoms. The van der Waals surface area contributed by atoms with Crippen molar-refractivity contribution in [3.05, 3.63) is 107 Å². The predicted octanol–water partition coefficient (Wildman–Crippen LogP) is 5.79. The van der Waals surface area contributed by atoms with Crippen LogP contribution in [0, 0.1) is 0 Å². The molecular formula is C26H19ClN6O. The van der Waals surface area contributed by atoms with Gasteiger partial charge in [0.05, 0.1) is 11.9 Å². The molecule has 166 valence electrons. The van der Waals surface area contributed by atoms with Gasteiger partial charge in [-0.3, -0.25) is 4.79 Å². The lowest BCUT2D eigenvalue weighted by molar-refractivity contribution is 0.0955. The number of aromatic amines is 1. The summed E-state index contributed by atoms with van der Waals surface area (Å²) < 4.78 is 0. The van der Waals surface area contributed by atoms with Crippen molar-refractivity contribution in [1.29, 1.82) is 0 Å². The minimum atomic E-state index is -0.317. The van der Waals surface area contributed by atoms with E-state index in [1.807, 2.05) is 42.6 Å². The van der Waals surface area contributed by atoms with Gasteiger partial charge in [0.2, 0.25) is 5.95 Å². The van der Waals surface area contributed by atoms with Crippen LogP contribution in [0.15, 0.2) is 96.4 Å². The van der Waals surface area contributed by atoms with Crippen LogP contribution >= 0.6 is 11.6 Å². The number of amides is 1. The molecule has 1 amide bonds. The Morgan fingerprint density at radius 1 is 1.00 bits per heavy atom. The van der Waals surface area contributed by atoms with Gasteiger partial charge in [0, 0.05) is 45.1 Å². The Morgan fingerprint density at radius 3 is 2.71 bits per heavy atom. The van der Waals surface area contributed by atoms with Crippen molar-refractivity contribution in [3.8, 4) is 11.3 Å². The molecule has 0 saturated carbocycles. The first kappa shape index (κ1) is 21.4. The van der Waals surface area contributed by atoms with Crippen molar-refractivity contribution in [2.45, 2.75) is 0 Å². The molecule has 5 aromatic rings. The number of aromatic nitrogens is 3. The first-order valence-electron chi connectivity index (χ1n) is 10.5. The molecule has 0 fully saturated rings. The number of halogens is 1. The van der Waals surface area contributed by atoms with Gasteiger partial charge in [-0.15, -0.1) is 0 Å². The maximum absolute atomic E-state index is 12.4. The van der Waals surface area contributed by atoms with Gasteiger partial charge in [-0.25, -0.2) is 15.4 Å². The van der Waals surface area contributed by atoms with E-state index in [4.69, 9.17) is 11.6 Å². The lowest BCUT2D eigenvalue weighted by Gasteiger charge is -2.07. The predicted molar refractivity (Wildman–Crippen MR) is 136 cm³/mol. The second kappa shape index (κ2) is 9.56. The van der Waals surface area contributed by atoms with Crippen LogP contribution in [0.4, 0.5) is 11.6 Å². The summed E-state index contributed by atoms with van der Waals surface area (Å²) in [6, 6.07) is 24.1. The normalized spacial score (nSPS) is 11.1. The van der Waals surface area contributed by atoms with E-state index in [1.54, 1.807) is 42.6 Å². The fourth-order valence-corrected chi connectivity index (χ4v) is 3.70. The molecule has 8 heteroatoms. The summed E-state index contributed by atoms with van der Waals surface area (Å²) in [7, 11) is 0. The molecule has 0 aliphatic carbocycles. The molecule has 5 rings (SSSR count). The summed E-state index contributed by atoms with van der Waals surface area (Å²) in [6.45, 7) is 0. The molecule has 3 N–H and O–H groups in total. The molecule has 0 aliphatic rings. The lowest BCUT2D eigenvalue weighted by Crippen LogP contribution is -2.17. The number of benzene rings is 3. The van der Waals surface area contributed by atoms with Crippen molar-refractivity contribution in [1.82, 2.24) is 20.4 Å². The van der Waals surface area contributed by atoms with Crippen molar-refractivity contribution in [2.24, 2.45) is 5.10 Å². The molecular weight excluding hydrogens is 448 g/mol. The molecule has 0 saturated heterocycles. The van der Waals surface area contributed by atoms with Crippen LogP contribution in [0.3, 0.4) is 0 Å². The number of hydrazone groups is 1. The summed E-state index contributed by atoms with van der Waals surface area (Å²) in [5.41, 5.74) is 7.41. The van der Waals surface area contributed by atoms with Gasteiger partial charge in [0.1, 0.15) is 0 Å². The highest BCUT2D eigenvalue weighted by molar-refractivity contribution is 6.30. The summed E-state index contributed by atoms with van der Waals surface area (Å²) >= 11 is 5.95. The number of nitrogens with zero attached hydrogens (tertiary/aromatic N) is 3. The van der Waals surface area contributed by atoms with Gasteiger partial charge < -0.3 is 10.3 Å². The van der Waals surface area contributed by atoms with E-state index in [2.05, 4.69) is 36.9 Å². The average molecular weight is 467 g/mol. The first-order chi connectivity index (χ1) is 16.7. The molecule has 0 unspecified atom stereocenters. The molecule has 7 nitrogen and oxygen atoms in total. The first-order valence-corrected chi connectivity index (χ1v) is 10.9. The molecule has 0 atom stereocenters. The van der Waals surface area contributed by atoms with Gasteiger partial charge in [-0.1, -0.05) is 41.9 Å². The van der Waals surface area contributed by atoms with E-state index in [9.17, 15) is 4.79 Å². The second-order valence-corrected chi connectivity index (χ2v) is 7.91. The van der Waals surface area contributed by atoms with Crippen LogP contribution in [0.2, 0.25) is 5.02 Å². The summed E-state index contributed by atoms with van der Waals surface area (Å²) in [5.74, 6) is 0.147. The quantitative estimate of drug-likeness (QED) is 0.218. The summed E-state index contributed by atoms with van der Waals surface area (Å²) in [5, 5.41) is 8.87. The van der Waals surface area contributed by atoms with Gasteiger partial charge in [-0.2, -0.15) is 5.10 Å². The Morgan fingerprint density at radius 2 is 1.85 bits per heavy atom. The molecule has 0 aliphatic heterocycles. The zero-order chi connectivity index (χ0) is 23.3. The highest BCUT2D eigenvalue weighted by atomic mass is 35.5. The highest BCUT2D eigenvalue weighted by Gasteiger charge is 2.09. The van der Waals surface area contributed by atoms with E-state index in [0.717, 1.165) is 33.4 Å². The average Bonchev–Trinajstić information content (AvgIpc) is 3.29. The smallest absolute Gasteiger partial charge is 0.271 e. The van der Waals surface area contributed by atoms with Crippen LogP contribution in [0.1, 0.15) is 15.9 Å². The zero-order valence-corrected chi connectivity index (χ0v) is 18.6. The third kappa shape index (κ3) is 4.79. The maximum Gasteiger partial charge on any atom is 0.271 e. The van der Waals surface area contributed by atoms with Crippen LogP contribution in [0.5, 0.6) is 0 Å². The van der Waals surface area contributed by atoms with Crippen LogP contribution in [-0.2, 0) is 0 Å². The van der Waals surface area contributed by atoms with E-state index < -0.39 is 0 Å². The summed E-state index contributed by atoms with van der Waals surface area (Å²) in [4.78, 5) is 24.6. The van der Waals surface area contributed by atoms with Crippen LogP contribution in [-0.4, -0.2) is 27.1 Å². The molecule has 2 aromatic heterocycles. The number of H-pyrrole nitrogens is 1. The minimum absolute atomic E-state index is 0.317. The van der Waals surface area contributed by atoms with E-state index in [-0.39, 0.29) is 5.91 Å². The number of anilines is 2. The van der Waals surface area contributed by atoms with Crippen molar-refractivity contribution < 1.29 is 4.79 Å². The SMILES string of the molecule is O=C(NN=Cc1cccc(Cl)c1)c1ccc(Nc2nccc(-c3c[nH]c4ccccc34)n2)cc1. The highest BCUT2D eigenvalue weighted by Crippen LogP contribution is 2.27. The van der Waals surface area contributed by atoms with Gasteiger partial charge in [0.15, 0.2) is 0 Å². The van der Waals surface area contributed by atoms with E-state index in [1.165, 1.54) is 6.21 Å². The summed E-state index contributed by atoms with van der Waals surface area (Å²) in [6.07, 6.45) is 5.20. The van der Waals surface area contributed by atoms with Crippen molar-refractivity contribution in [2.75, 3.05) is 5.32 Å². The number of fused-ring (bicyclic) bond motifs is 1. The maximum atomic E-state index is 12.4. The number of para-hydroxylation sites is 1. The van der Waals surface area contributed by atoms with Gasteiger partial charge >= 0.3 is 0 Å². The van der Waals surface area contributed by atoms with E-state index in [0.29, 0.717) is 16.5 Å². The molecule has 0 bridgehead atoms. The third-order valence-electron chi connectivity index (χ3n) is 5.15. The Hall–Kier alpha value is -4.49. The second-order valence-electron chi connectivity index (χ2n) is 7.47. The molecule has 0 radical (unpaired) electrons. The zero-order valence-electron chi connectivity index (χ0n) is 17.9. The lowest BCUT2D eigenvalue weighted by atomic mass is 10.1. The van der Waals surface area contributed by atoms with Crippen molar-refractivity contribution >= 4 is 46.3 Å². The van der Waals surface area contributed by atoms with Gasteiger partial charge in [-0.05, 0) is 54.1 Å². The Bertz CT molecular complexity index is 1490. The van der Waals surface area contributed by atoms with Crippen LogP contribution in [0.25, 0.3) is 22.2 Å². The monoisotopic (exact) mass is 466 g/mol. The third-order valence-corrected chi connectivity index (χ3v) is 5.39. The van der Waals surface area contributed by atoms with E-state index >= 15 is 0 Å². The minimum Gasteiger partial charge on any atom is -0.360 e. The van der Waals surface area contributed by atoms with Crippen molar-refractivity contribution in [3.63, 3.8) is 0 Å². The number of hydrogen-bond donors (Lipinski definition) is 3. The Kier molecular flexibility index (Phi) is 6.01. The largest absolute Gasteiger partial charge is 0.360 e. The number of rotatable bonds is 6. The fourth-order valence-electron chi connectivity index (χ4n) is 3.50. The molecule has 3 aromatic carbocycles. The fraction of sp³-hybridized carbons (Fsp3) is 0. The number of carbonyl (C=O) groups is 1. The molecule has 34 heavy (non-hydrogen) atoms. The molecule has 2 heterocycles. The Balaban J connectivity index is 1.25.